The summed E-state index contributed by atoms with van der Waals surface area (Å²) in [5.74, 6) is 0.658. The van der Waals surface area contributed by atoms with Crippen molar-refractivity contribution in [1.29, 1.82) is 0 Å². The number of amides is 1. The van der Waals surface area contributed by atoms with E-state index in [2.05, 4.69) is 24.9 Å². The van der Waals surface area contributed by atoms with Crippen molar-refractivity contribution in [2.45, 2.75) is 32.3 Å². The van der Waals surface area contributed by atoms with Gasteiger partial charge in [-0.2, -0.15) is 0 Å². The highest BCUT2D eigenvalue weighted by Crippen LogP contribution is 2.26. The van der Waals surface area contributed by atoms with Crippen molar-refractivity contribution < 1.29 is 14.5 Å². The Morgan fingerprint density at radius 1 is 1.40 bits per heavy atom. The van der Waals surface area contributed by atoms with Crippen LogP contribution in [0.3, 0.4) is 0 Å². The third-order valence-electron chi connectivity index (χ3n) is 4.47. The monoisotopic (exact) mass is 346 g/mol. The van der Waals surface area contributed by atoms with E-state index in [0.29, 0.717) is 30.9 Å². The Hall–Kier alpha value is -2.55. The molecule has 1 fully saturated rings. The molecular formula is C16H22N6O3. The number of hydrogen-bond acceptors (Lipinski definition) is 8. The molecule has 1 saturated heterocycles. The smallest absolute Gasteiger partial charge is 0.228 e. The van der Waals surface area contributed by atoms with Gasteiger partial charge in [0.15, 0.2) is 0 Å². The summed E-state index contributed by atoms with van der Waals surface area (Å²) in [5, 5.41) is 18.3. The van der Waals surface area contributed by atoms with Gasteiger partial charge >= 0.3 is 0 Å². The van der Waals surface area contributed by atoms with Crippen molar-refractivity contribution in [2.24, 2.45) is 0 Å². The molecule has 1 amide bonds. The van der Waals surface area contributed by atoms with E-state index in [1.54, 1.807) is 14.0 Å². The van der Waals surface area contributed by atoms with Crippen LogP contribution in [0.25, 0.3) is 0 Å². The molecule has 0 bridgehead atoms. The quantitative estimate of drug-likeness (QED) is 0.813. The van der Waals surface area contributed by atoms with E-state index in [1.807, 2.05) is 17.9 Å². The highest BCUT2D eigenvalue weighted by molar-refractivity contribution is 5.78. The summed E-state index contributed by atoms with van der Waals surface area (Å²) >= 11 is 0. The maximum atomic E-state index is 12.4. The lowest BCUT2D eigenvalue weighted by molar-refractivity contribution is -0.132. The maximum absolute atomic E-state index is 12.4. The second kappa shape index (κ2) is 6.75. The topological polar surface area (TPSA) is 108 Å². The molecule has 9 nitrogen and oxygen atoms in total. The first kappa shape index (κ1) is 17.3. The zero-order chi connectivity index (χ0) is 18.0. The summed E-state index contributed by atoms with van der Waals surface area (Å²) in [4.78, 5) is 24.3. The molecular weight excluding hydrogens is 324 g/mol. The summed E-state index contributed by atoms with van der Waals surface area (Å²) in [6.45, 7) is 5.00. The van der Waals surface area contributed by atoms with Crippen LogP contribution in [0.2, 0.25) is 0 Å². The lowest BCUT2D eigenvalue weighted by Gasteiger charge is -2.29. The minimum atomic E-state index is -0.972. The normalized spacial score (nSPS) is 20.1. The molecule has 3 rings (SSSR count). The molecule has 3 heterocycles. The van der Waals surface area contributed by atoms with E-state index in [4.69, 9.17) is 0 Å². The van der Waals surface area contributed by atoms with Crippen molar-refractivity contribution in [3.8, 4) is 0 Å². The highest BCUT2D eigenvalue weighted by Gasteiger charge is 2.38. The molecule has 0 aliphatic carbocycles. The van der Waals surface area contributed by atoms with Gasteiger partial charge in [0.25, 0.3) is 0 Å². The Kier molecular flexibility index (Phi) is 4.67. The fourth-order valence-electron chi connectivity index (χ4n) is 3.01. The van der Waals surface area contributed by atoms with Gasteiger partial charge in [0.1, 0.15) is 29.1 Å². The third-order valence-corrected chi connectivity index (χ3v) is 4.47. The van der Waals surface area contributed by atoms with Crippen molar-refractivity contribution in [3.05, 3.63) is 29.5 Å². The number of aryl methyl sites for hydroxylation is 2. The molecule has 2 aromatic rings. The second-order valence-electron chi connectivity index (χ2n) is 6.64. The van der Waals surface area contributed by atoms with Crippen LogP contribution in [0.15, 0.2) is 17.0 Å². The number of hydrogen-bond donors (Lipinski definition) is 1. The molecule has 0 spiro atoms. The average molecular weight is 346 g/mol. The molecule has 0 saturated carbocycles. The number of aromatic nitrogens is 4. The van der Waals surface area contributed by atoms with Crippen LogP contribution in [0.5, 0.6) is 0 Å². The molecule has 25 heavy (non-hydrogen) atoms. The molecule has 1 aliphatic rings. The number of carbonyl (C=O) groups is 1. The first-order valence-corrected chi connectivity index (χ1v) is 8.14. The predicted molar refractivity (Wildman–Crippen MR) is 88.9 cm³/mol. The second-order valence-corrected chi connectivity index (χ2v) is 6.64. The van der Waals surface area contributed by atoms with E-state index in [0.717, 1.165) is 11.5 Å². The predicted octanol–water partition coefficient (Wildman–Crippen LogP) is 0.119. The Morgan fingerprint density at radius 2 is 2.20 bits per heavy atom. The first-order valence-electron chi connectivity index (χ1n) is 8.14. The molecule has 0 radical (unpaired) electrons. The zero-order valence-corrected chi connectivity index (χ0v) is 14.6. The number of rotatable bonds is 5. The number of aliphatic hydroxyl groups is 1. The van der Waals surface area contributed by atoms with Crippen molar-refractivity contribution in [1.82, 2.24) is 25.2 Å². The van der Waals surface area contributed by atoms with Crippen LogP contribution < -0.4 is 4.90 Å². The van der Waals surface area contributed by atoms with Gasteiger partial charge in [0.05, 0.1) is 13.0 Å². The van der Waals surface area contributed by atoms with E-state index in [-0.39, 0.29) is 18.9 Å². The Balaban J connectivity index is 1.60. The summed E-state index contributed by atoms with van der Waals surface area (Å²) in [7, 11) is 1.68. The van der Waals surface area contributed by atoms with Crippen LogP contribution in [-0.2, 0) is 11.2 Å². The molecule has 1 atom stereocenters. The van der Waals surface area contributed by atoms with Crippen LogP contribution in [-0.4, -0.2) is 68.5 Å². The summed E-state index contributed by atoms with van der Waals surface area (Å²) in [5.41, 5.74) is 1.03. The van der Waals surface area contributed by atoms with Gasteiger partial charge in [0, 0.05) is 31.9 Å². The fourth-order valence-corrected chi connectivity index (χ4v) is 3.01. The maximum Gasteiger partial charge on any atom is 0.228 e. The Labute approximate surface area is 145 Å². The summed E-state index contributed by atoms with van der Waals surface area (Å²) in [6, 6.07) is 1.89. The standard InChI is InChI=1S/C16H22N6O3/c1-11-6-14(18-10-17-11)22-5-4-16(24,9-22)8-21(3)15(23)7-13-12(2)19-25-20-13/h6,10,24H,4-5,7-9H2,1-3H3/t16-/m1/s1. The SMILES string of the molecule is Cc1cc(N2CC[C@@](O)(CN(C)C(=O)Cc3nonc3C)C2)ncn1. The van der Waals surface area contributed by atoms with Crippen molar-refractivity contribution >= 4 is 11.7 Å². The number of β-amino-alcohol motifs (C(OH)–C–C–N with tert-alkyl or cyclic N) is 1. The van der Waals surface area contributed by atoms with Gasteiger partial charge in [0.2, 0.25) is 5.91 Å². The first-order chi connectivity index (χ1) is 11.9. The van der Waals surface area contributed by atoms with Gasteiger partial charge < -0.3 is 14.9 Å². The lowest BCUT2D eigenvalue weighted by atomic mass is 10.0. The number of anilines is 1. The number of likely N-dealkylation sites (N-methyl/N-ethyl adjacent to an activating group) is 1. The van der Waals surface area contributed by atoms with Gasteiger partial charge in [-0.25, -0.2) is 14.6 Å². The number of nitrogens with zero attached hydrogens (tertiary/aromatic N) is 6. The van der Waals surface area contributed by atoms with E-state index < -0.39 is 5.60 Å². The van der Waals surface area contributed by atoms with Gasteiger partial charge in [-0.3, -0.25) is 4.79 Å². The van der Waals surface area contributed by atoms with Crippen LogP contribution in [0, 0.1) is 13.8 Å². The third kappa shape index (κ3) is 3.93. The molecule has 9 heteroatoms. The molecule has 134 valence electrons. The molecule has 2 aromatic heterocycles. The zero-order valence-electron chi connectivity index (χ0n) is 14.6. The lowest BCUT2D eigenvalue weighted by Crippen LogP contribution is -2.46. The summed E-state index contributed by atoms with van der Waals surface area (Å²) < 4.78 is 4.61. The summed E-state index contributed by atoms with van der Waals surface area (Å²) in [6.07, 6.45) is 2.20. The minimum Gasteiger partial charge on any atom is -0.386 e. The van der Waals surface area contributed by atoms with Gasteiger partial charge in [-0.1, -0.05) is 10.3 Å². The van der Waals surface area contributed by atoms with Crippen LogP contribution in [0.1, 0.15) is 23.5 Å². The van der Waals surface area contributed by atoms with E-state index in [1.165, 1.54) is 11.2 Å². The molecule has 0 aromatic carbocycles. The largest absolute Gasteiger partial charge is 0.386 e. The van der Waals surface area contributed by atoms with Crippen molar-refractivity contribution in [2.75, 3.05) is 31.6 Å². The minimum absolute atomic E-state index is 0.108. The number of carbonyl (C=O) groups excluding carboxylic acids is 1. The molecule has 1 aliphatic heterocycles. The van der Waals surface area contributed by atoms with Crippen LogP contribution >= 0.6 is 0 Å². The fraction of sp³-hybridized carbons (Fsp3) is 0.562. The van der Waals surface area contributed by atoms with Gasteiger partial charge in [-0.05, 0) is 20.3 Å². The van der Waals surface area contributed by atoms with Gasteiger partial charge in [-0.15, -0.1) is 0 Å². The molecule has 0 unspecified atom stereocenters. The Morgan fingerprint density at radius 3 is 2.88 bits per heavy atom. The van der Waals surface area contributed by atoms with Crippen molar-refractivity contribution in [3.63, 3.8) is 0 Å². The average Bonchev–Trinajstić information content (AvgIpc) is 3.14. The van der Waals surface area contributed by atoms with Crippen LogP contribution in [0.4, 0.5) is 5.82 Å². The van der Waals surface area contributed by atoms with E-state index >= 15 is 0 Å². The molecule has 1 N–H and O–H groups in total. The Bertz CT molecular complexity index is 764. The highest BCUT2D eigenvalue weighted by atomic mass is 16.6. The van der Waals surface area contributed by atoms with E-state index in [9.17, 15) is 9.90 Å².